The summed E-state index contributed by atoms with van der Waals surface area (Å²) in [4.78, 5) is 27.7. The first-order chi connectivity index (χ1) is 9.13. The Labute approximate surface area is 114 Å². The molecule has 0 saturated carbocycles. The molecule has 1 atom stereocenters. The molecule has 0 aliphatic carbocycles. The van der Waals surface area contributed by atoms with E-state index >= 15 is 0 Å². The number of hydrogen-bond acceptors (Lipinski definition) is 4. The highest BCUT2D eigenvalue weighted by atomic mass is 16.2. The van der Waals surface area contributed by atoms with Gasteiger partial charge in [-0.2, -0.15) is 0 Å². The minimum atomic E-state index is 0.0220. The normalized spacial score (nSPS) is 25.9. The van der Waals surface area contributed by atoms with Crippen molar-refractivity contribution in [2.24, 2.45) is 0 Å². The molecule has 2 N–H and O–H groups in total. The highest BCUT2D eigenvalue weighted by Crippen LogP contribution is 2.04. The number of carbonyl (C=O) groups is 2. The third kappa shape index (κ3) is 4.80. The zero-order valence-corrected chi connectivity index (χ0v) is 11.7. The van der Waals surface area contributed by atoms with Crippen LogP contribution >= 0.6 is 0 Å². The number of hydrogen-bond donors (Lipinski definition) is 2. The predicted molar refractivity (Wildman–Crippen MR) is 72.7 cm³/mol. The summed E-state index contributed by atoms with van der Waals surface area (Å²) in [6, 6.07) is 0.0220. The molecule has 0 aromatic carbocycles. The first kappa shape index (κ1) is 14.3. The first-order valence-electron chi connectivity index (χ1n) is 7.10. The van der Waals surface area contributed by atoms with Gasteiger partial charge < -0.3 is 20.4 Å². The summed E-state index contributed by atoms with van der Waals surface area (Å²) in [7, 11) is 2.12. The monoisotopic (exact) mass is 268 g/mol. The second-order valence-electron chi connectivity index (χ2n) is 5.50. The largest absolute Gasteiger partial charge is 0.356 e. The number of piperidine rings is 1. The number of rotatable bonds is 4. The number of nitrogens with zero attached hydrogens (tertiary/aromatic N) is 2. The van der Waals surface area contributed by atoms with Crippen LogP contribution in [0.3, 0.4) is 0 Å². The predicted octanol–water partition coefficient (Wildman–Crippen LogP) is -0.981. The van der Waals surface area contributed by atoms with Crippen LogP contribution in [-0.2, 0) is 9.59 Å². The molecule has 2 fully saturated rings. The van der Waals surface area contributed by atoms with E-state index in [1.54, 1.807) is 0 Å². The van der Waals surface area contributed by atoms with Gasteiger partial charge in [0.1, 0.15) is 0 Å². The van der Waals surface area contributed by atoms with Crippen molar-refractivity contribution in [3.63, 3.8) is 0 Å². The molecule has 0 radical (unpaired) electrons. The van der Waals surface area contributed by atoms with Gasteiger partial charge in [0.05, 0.1) is 0 Å². The van der Waals surface area contributed by atoms with Crippen molar-refractivity contribution in [3.8, 4) is 0 Å². The van der Waals surface area contributed by atoms with Crippen LogP contribution in [0.15, 0.2) is 0 Å². The van der Waals surface area contributed by atoms with E-state index < -0.39 is 0 Å². The Hall–Kier alpha value is -1.14. The molecule has 0 aromatic rings. The Bertz CT molecular complexity index is 327. The molecule has 6 heteroatoms. The van der Waals surface area contributed by atoms with Gasteiger partial charge in [-0.3, -0.25) is 9.59 Å². The average molecular weight is 268 g/mol. The Kier molecular flexibility index (Phi) is 5.15. The SMILES string of the molecule is CN1CCN(CCC(=O)NC2CCNC(=O)C2)CC1. The van der Waals surface area contributed by atoms with E-state index in [9.17, 15) is 9.59 Å². The van der Waals surface area contributed by atoms with Crippen LogP contribution in [0.5, 0.6) is 0 Å². The minimum absolute atomic E-state index is 0.0220. The molecule has 0 spiro atoms. The van der Waals surface area contributed by atoms with Crippen LogP contribution < -0.4 is 10.6 Å². The molecule has 2 heterocycles. The van der Waals surface area contributed by atoms with Crippen molar-refractivity contribution < 1.29 is 9.59 Å². The van der Waals surface area contributed by atoms with Gasteiger partial charge in [0.25, 0.3) is 0 Å². The minimum Gasteiger partial charge on any atom is -0.356 e. The van der Waals surface area contributed by atoms with Gasteiger partial charge >= 0.3 is 0 Å². The molecule has 108 valence electrons. The maximum absolute atomic E-state index is 11.8. The third-order valence-corrected chi connectivity index (χ3v) is 3.86. The lowest BCUT2D eigenvalue weighted by Crippen LogP contribution is -2.47. The second kappa shape index (κ2) is 6.86. The Balaban J connectivity index is 1.63. The lowest BCUT2D eigenvalue weighted by molar-refractivity contribution is -0.125. The van der Waals surface area contributed by atoms with Crippen molar-refractivity contribution in [3.05, 3.63) is 0 Å². The standard InChI is InChI=1S/C13H24N4O2/c1-16-6-8-17(9-7-16)5-3-12(18)15-11-2-4-14-13(19)10-11/h11H,2-10H2,1H3,(H,14,19)(H,15,18). The summed E-state index contributed by atoms with van der Waals surface area (Å²) in [6.45, 7) is 5.71. The zero-order chi connectivity index (χ0) is 13.7. The van der Waals surface area contributed by atoms with E-state index in [4.69, 9.17) is 0 Å². The van der Waals surface area contributed by atoms with E-state index in [-0.39, 0.29) is 17.9 Å². The summed E-state index contributed by atoms with van der Waals surface area (Å²) < 4.78 is 0. The lowest BCUT2D eigenvalue weighted by Gasteiger charge is -2.32. The average Bonchev–Trinajstić information content (AvgIpc) is 2.38. The maximum Gasteiger partial charge on any atom is 0.222 e. The van der Waals surface area contributed by atoms with Gasteiger partial charge in [-0.25, -0.2) is 0 Å². The van der Waals surface area contributed by atoms with Crippen molar-refractivity contribution in [2.45, 2.75) is 25.3 Å². The van der Waals surface area contributed by atoms with Crippen LogP contribution in [0.4, 0.5) is 0 Å². The van der Waals surface area contributed by atoms with Crippen LogP contribution in [0.25, 0.3) is 0 Å². The molecule has 2 rings (SSSR count). The molecule has 2 saturated heterocycles. The maximum atomic E-state index is 11.8. The number of amides is 2. The zero-order valence-electron chi connectivity index (χ0n) is 11.7. The van der Waals surface area contributed by atoms with E-state index in [0.717, 1.165) is 39.1 Å². The molecule has 0 bridgehead atoms. The lowest BCUT2D eigenvalue weighted by atomic mass is 10.1. The van der Waals surface area contributed by atoms with Crippen LogP contribution in [0.1, 0.15) is 19.3 Å². The molecule has 1 unspecified atom stereocenters. The molecule has 6 nitrogen and oxygen atoms in total. The third-order valence-electron chi connectivity index (χ3n) is 3.86. The molecule has 2 amide bonds. The molecular weight excluding hydrogens is 244 g/mol. The fourth-order valence-electron chi connectivity index (χ4n) is 2.54. The highest BCUT2D eigenvalue weighted by Gasteiger charge is 2.21. The van der Waals surface area contributed by atoms with Gasteiger partial charge in [-0.15, -0.1) is 0 Å². The summed E-state index contributed by atoms with van der Waals surface area (Å²) in [6.07, 6.45) is 1.79. The summed E-state index contributed by atoms with van der Waals surface area (Å²) in [5, 5.41) is 5.73. The van der Waals surface area contributed by atoms with E-state index in [0.29, 0.717) is 19.4 Å². The van der Waals surface area contributed by atoms with Crippen LogP contribution in [0, 0.1) is 0 Å². The van der Waals surface area contributed by atoms with Gasteiger partial charge in [0, 0.05) is 58.2 Å². The molecular formula is C13H24N4O2. The van der Waals surface area contributed by atoms with Gasteiger partial charge in [0.2, 0.25) is 11.8 Å². The first-order valence-corrected chi connectivity index (χ1v) is 7.10. The van der Waals surface area contributed by atoms with Gasteiger partial charge in [-0.05, 0) is 13.5 Å². The molecule has 2 aliphatic heterocycles. The fraction of sp³-hybridized carbons (Fsp3) is 0.846. The van der Waals surface area contributed by atoms with E-state index in [1.807, 2.05) is 0 Å². The van der Waals surface area contributed by atoms with Crippen molar-refractivity contribution in [1.82, 2.24) is 20.4 Å². The number of carbonyl (C=O) groups excluding carboxylic acids is 2. The van der Waals surface area contributed by atoms with Gasteiger partial charge in [-0.1, -0.05) is 0 Å². The molecule has 19 heavy (non-hydrogen) atoms. The summed E-state index contributed by atoms with van der Waals surface area (Å²) in [5.74, 6) is 0.106. The summed E-state index contributed by atoms with van der Waals surface area (Å²) >= 11 is 0. The van der Waals surface area contributed by atoms with Crippen molar-refractivity contribution in [1.29, 1.82) is 0 Å². The Morgan fingerprint density at radius 1 is 1.37 bits per heavy atom. The number of piperazine rings is 1. The number of likely N-dealkylation sites (N-methyl/N-ethyl adjacent to an activating group) is 1. The van der Waals surface area contributed by atoms with E-state index in [2.05, 4.69) is 27.5 Å². The highest BCUT2D eigenvalue weighted by molar-refractivity contribution is 5.80. The second-order valence-corrected chi connectivity index (χ2v) is 5.50. The topological polar surface area (TPSA) is 64.7 Å². The summed E-state index contributed by atoms with van der Waals surface area (Å²) in [5.41, 5.74) is 0. The smallest absolute Gasteiger partial charge is 0.222 e. The van der Waals surface area contributed by atoms with Crippen LogP contribution in [-0.4, -0.2) is 74.0 Å². The van der Waals surface area contributed by atoms with Crippen molar-refractivity contribution in [2.75, 3.05) is 46.3 Å². The van der Waals surface area contributed by atoms with Crippen LogP contribution in [0.2, 0.25) is 0 Å². The molecule has 2 aliphatic rings. The van der Waals surface area contributed by atoms with E-state index in [1.165, 1.54) is 0 Å². The Morgan fingerprint density at radius 2 is 2.11 bits per heavy atom. The fourth-order valence-corrected chi connectivity index (χ4v) is 2.54. The quantitative estimate of drug-likeness (QED) is 0.688. The Morgan fingerprint density at radius 3 is 2.79 bits per heavy atom. The van der Waals surface area contributed by atoms with Crippen molar-refractivity contribution >= 4 is 11.8 Å². The molecule has 0 aromatic heterocycles. The number of nitrogens with one attached hydrogen (secondary N) is 2. The van der Waals surface area contributed by atoms with Gasteiger partial charge in [0.15, 0.2) is 0 Å².